The Morgan fingerprint density at radius 1 is 1.62 bits per heavy atom. The Bertz CT molecular complexity index is 399. The van der Waals surface area contributed by atoms with Gasteiger partial charge in [0.25, 0.3) is 0 Å². The van der Waals surface area contributed by atoms with Gasteiger partial charge in [-0.2, -0.15) is 0 Å². The van der Waals surface area contributed by atoms with Gasteiger partial charge in [-0.25, -0.2) is 0 Å². The first kappa shape index (κ1) is 11.8. The molecule has 3 unspecified atom stereocenters. The highest BCUT2D eigenvalue weighted by Crippen LogP contribution is 2.46. The predicted octanol–water partition coefficient (Wildman–Crippen LogP) is 1.42. The molecule has 1 aromatic heterocycles. The van der Waals surface area contributed by atoms with Crippen LogP contribution >= 0.6 is 9.24 Å². The number of pyridine rings is 1. The molecule has 0 saturated carbocycles. The molecule has 5 heteroatoms. The van der Waals surface area contributed by atoms with Crippen LogP contribution in [0.5, 0.6) is 5.75 Å². The first-order valence-electron chi connectivity index (χ1n) is 5.26. The largest absolute Gasteiger partial charge is 0.506 e. The molecule has 0 saturated heterocycles. The SMILES string of the molecule is CCOC1(OC)c2cncc(O)c2CC1P. The molecule has 4 nitrogen and oxygen atoms in total. The predicted molar refractivity (Wildman–Crippen MR) is 63.4 cm³/mol. The van der Waals surface area contributed by atoms with E-state index in [2.05, 4.69) is 14.2 Å². The fraction of sp³-hybridized carbons (Fsp3) is 0.545. The Morgan fingerprint density at radius 3 is 3.00 bits per heavy atom. The van der Waals surface area contributed by atoms with Crippen molar-refractivity contribution >= 4 is 9.24 Å². The Kier molecular flexibility index (Phi) is 3.15. The molecule has 1 N–H and O–H groups in total. The molecule has 1 aliphatic carbocycles. The summed E-state index contributed by atoms with van der Waals surface area (Å²) in [5.74, 6) is -0.580. The quantitative estimate of drug-likeness (QED) is 0.642. The summed E-state index contributed by atoms with van der Waals surface area (Å²) in [6.07, 6.45) is 3.87. The molecule has 0 fully saturated rings. The van der Waals surface area contributed by atoms with E-state index in [1.165, 1.54) is 6.20 Å². The highest BCUT2D eigenvalue weighted by molar-refractivity contribution is 7.17. The Morgan fingerprint density at radius 2 is 2.38 bits per heavy atom. The summed E-state index contributed by atoms with van der Waals surface area (Å²) in [5, 5.41) is 9.76. The molecule has 0 spiro atoms. The van der Waals surface area contributed by atoms with Crippen LogP contribution in [0.3, 0.4) is 0 Å². The minimum atomic E-state index is -0.791. The average molecular weight is 241 g/mol. The molecule has 16 heavy (non-hydrogen) atoms. The molecule has 0 bridgehead atoms. The molecule has 2 rings (SSSR count). The van der Waals surface area contributed by atoms with Crippen LogP contribution in [0.2, 0.25) is 0 Å². The molecule has 88 valence electrons. The molecule has 0 aliphatic heterocycles. The van der Waals surface area contributed by atoms with Crippen molar-refractivity contribution in [3.63, 3.8) is 0 Å². The molecular weight excluding hydrogens is 225 g/mol. The summed E-state index contributed by atoms with van der Waals surface area (Å²) in [4.78, 5) is 4.00. The monoisotopic (exact) mass is 241 g/mol. The Hall–Kier alpha value is -0.700. The third kappa shape index (κ3) is 1.53. The van der Waals surface area contributed by atoms with Gasteiger partial charge >= 0.3 is 0 Å². The second kappa shape index (κ2) is 4.28. The minimum absolute atomic E-state index is 0.0857. The molecule has 0 radical (unpaired) electrons. The zero-order valence-corrected chi connectivity index (χ0v) is 10.6. The second-order valence-corrected chi connectivity index (χ2v) is 4.60. The van der Waals surface area contributed by atoms with E-state index in [0.29, 0.717) is 13.0 Å². The van der Waals surface area contributed by atoms with E-state index in [1.54, 1.807) is 13.3 Å². The number of hydrogen-bond acceptors (Lipinski definition) is 4. The van der Waals surface area contributed by atoms with Crippen LogP contribution in [0.25, 0.3) is 0 Å². The van der Waals surface area contributed by atoms with Crippen LogP contribution in [0.1, 0.15) is 18.1 Å². The average Bonchev–Trinajstić information content (AvgIpc) is 2.55. The van der Waals surface area contributed by atoms with Crippen LogP contribution in [0.15, 0.2) is 12.4 Å². The molecule has 1 aromatic rings. The van der Waals surface area contributed by atoms with Gasteiger partial charge in [-0.05, 0) is 13.3 Å². The lowest BCUT2D eigenvalue weighted by atomic mass is 10.1. The van der Waals surface area contributed by atoms with Gasteiger partial charge in [0.05, 0.1) is 6.20 Å². The summed E-state index contributed by atoms with van der Waals surface area (Å²) in [5.41, 5.74) is 1.78. The fourth-order valence-corrected chi connectivity index (χ4v) is 2.91. The number of hydrogen-bond donors (Lipinski definition) is 1. The molecule has 0 aromatic carbocycles. The summed E-state index contributed by atoms with van der Waals surface area (Å²) in [7, 11) is 4.34. The van der Waals surface area contributed by atoms with E-state index >= 15 is 0 Å². The molecular formula is C11H16NO3P. The number of fused-ring (bicyclic) bond motifs is 1. The van der Waals surface area contributed by atoms with Crippen molar-refractivity contribution in [1.29, 1.82) is 0 Å². The lowest BCUT2D eigenvalue weighted by molar-refractivity contribution is -0.223. The van der Waals surface area contributed by atoms with Gasteiger partial charge < -0.3 is 14.6 Å². The van der Waals surface area contributed by atoms with Crippen LogP contribution in [-0.2, 0) is 21.7 Å². The molecule has 0 amide bonds. The van der Waals surface area contributed by atoms with Gasteiger partial charge in [0.2, 0.25) is 5.79 Å². The van der Waals surface area contributed by atoms with Crippen LogP contribution < -0.4 is 0 Å². The van der Waals surface area contributed by atoms with E-state index in [0.717, 1.165) is 11.1 Å². The van der Waals surface area contributed by atoms with Gasteiger partial charge in [0.1, 0.15) is 5.75 Å². The number of ether oxygens (including phenoxy) is 2. The topological polar surface area (TPSA) is 51.6 Å². The maximum absolute atomic E-state index is 9.76. The summed E-state index contributed by atoms with van der Waals surface area (Å²) < 4.78 is 11.3. The number of aromatic hydroxyl groups is 1. The van der Waals surface area contributed by atoms with Crippen LogP contribution in [0, 0.1) is 0 Å². The molecule has 1 heterocycles. The van der Waals surface area contributed by atoms with Crippen molar-refractivity contribution in [3.8, 4) is 5.75 Å². The normalized spacial score (nSPS) is 28.1. The van der Waals surface area contributed by atoms with E-state index in [4.69, 9.17) is 9.47 Å². The zero-order chi connectivity index (χ0) is 11.8. The zero-order valence-electron chi connectivity index (χ0n) is 9.43. The summed E-state index contributed by atoms with van der Waals surface area (Å²) in [6, 6.07) is 0. The maximum Gasteiger partial charge on any atom is 0.203 e. The number of nitrogens with zero attached hydrogens (tertiary/aromatic N) is 1. The third-order valence-corrected chi connectivity index (χ3v) is 3.66. The van der Waals surface area contributed by atoms with Crippen LogP contribution in [0.4, 0.5) is 0 Å². The number of aromatic nitrogens is 1. The number of rotatable bonds is 3. The number of methoxy groups -OCH3 is 1. The smallest absolute Gasteiger partial charge is 0.203 e. The van der Waals surface area contributed by atoms with Gasteiger partial charge in [-0.1, -0.05) is 0 Å². The molecule has 3 atom stereocenters. The van der Waals surface area contributed by atoms with E-state index < -0.39 is 5.79 Å². The van der Waals surface area contributed by atoms with Crippen molar-refractivity contribution in [2.75, 3.05) is 13.7 Å². The van der Waals surface area contributed by atoms with Crippen molar-refractivity contribution in [3.05, 3.63) is 23.5 Å². The van der Waals surface area contributed by atoms with Gasteiger partial charge in [0.15, 0.2) is 0 Å². The lowest BCUT2D eigenvalue weighted by Gasteiger charge is -2.32. The first-order chi connectivity index (χ1) is 7.65. The van der Waals surface area contributed by atoms with Crippen molar-refractivity contribution in [1.82, 2.24) is 4.98 Å². The van der Waals surface area contributed by atoms with E-state index in [9.17, 15) is 5.11 Å². The van der Waals surface area contributed by atoms with Gasteiger partial charge in [-0.3, -0.25) is 4.98 Å². The first-order valence-corrected chi connectivity index (χ1v) is 5.93. The third-order valence-electron chi connectivity index (χ3n) is 2.98. The van der Waals surface area contributed by atoms with E-state index in [1.807, 2.05) is 6.92 Å². The van der Waals surface area contributed by atoms with Crippen molar-refractivity contribution < 1.29 is 14.6 Å². The van der Waals surface area contributed by atoms with E-state index in [-0.39, 0.29) is 11.4 Å². The van der Waals surface area contributed by atoms with Crippen molar-refractivity contribution in [2.24, 2.45) is 0 Å². The maximum atomic E-state index is 9.76. The summed E-state index contributed by atoms with van der Waals surface area (Å²) in [6.45, 7) is 2.47. The lowest BCUT2D eigenvalue weighted by Crippen LogP contribution is -2.37. The summed E-state index contributed by atoms with van der Waals surface area (Å²) >= 11 is 0. The van der Waals surface area contributed by atoms with Gasteiger partial charge in [-0.15, -0.1) is 9.24 Å². The van der Waals surface area contributed by atoms with Crippen LogP contribution in [-0.4, -0.2) is 29.5 Å². The Labute approximate surface area is 97.2 Å². The Balaban J connectivity index is 2.53. The highest BCUT2D eigenvalue weighted by Gasteiger charge is 2.47. The standard InChI is InChI=1S/C11H16NO3P/c1-3-15-11(14-2)8-5-12-6-9(13)7(8)4-10(11)16/h5-6,10,13H,3-4,16H2,1-2H3. The fourth-order valence-electron chi connectivity index (χ4n) is 2.26. The highest BCUT2D eigenvalue weighted by atomic mass is 31.0. The van der Waals surface area contributed by atoms with Crippen molar-refractivity contribution in [2.45, 2.75) is 24.8 Å². The second-order valence-electron chi connectivity index (χ2n) is 3.80. The molecule has 1 aliphatic rings. The van der Waals surface area contributed by atoms with Gasteiger partial charge in [0, 0.05) is 36.7 Å². The minimum Gasteiger partial charge on any atom is -0.506 e.